The van der Waals surface area contributed by atoms with Gasteiger partial charge in [-0.25, -0.2) is 0 Å². The highest BCUT2D eigenvalue weighted by atomic mass is 32.1. The van der Waals surface area contributed by atoms with Gasteiger partial charge in [0.2, 0.25) is 0 Å². The van der Waals surface area contributed by atoms with Gasteiger partial charge in [0.25, 0.3) is 0 Å². The number of hydrogen-bond donors (Lipinski definition) is 1. The normalized spacial score (nSPS) is 10.3. The fraction of sp³-hybridized carbons (Fsp3) is 0.286. The number of hydrogen-bond acceptors (Lipinski definition) is 4. The van der Waals surface area contributed by atoms with Crippen molar-refractivity contribution in [2.24, 2.45) is 0 Å². The number of rotatable bonds is 3. The van der Waals surface area contributed by atoms with Crippen molar-refractivity contribution in [2.75, 3.05) is 0 Å². The minimum atomic E-state index is 0.779. The second-order valence-corrected chi connectivity index (χ2v) is 3.24. The minimum Gasteiger partial charge on any atom is -0.177 e. The summed E-state index contributed by atoms with van der Waals surface area (Å²) in [6.45, 7) is 0. The molecule has 62 valence electrons. The van der Waals surface area contributed by atoms with Crippen molar-refractivity contribution >= 4 is 11.3 Å². The third-order valence-corrected chi connectivity index (χ3v) is 2.34. The van der Waals surface area contributed by atoms with Crippen molar-refractivity contribution in [1.82, 2.24) is 20.6 Å². The minimum absolute atomic E-state index is 0.779. The summed E-state index contributed by atoms with van der Waals surface area (Å²) in [5.74, 6) is 0.779. The molecule has 0 atom stereocenters. The molecule has 2 aromatic rings. The maximum absolute atomic E-state index is 3.87. The van der Waals surface area contributed by atoms with Crippen LogP contribution in [0.5, 0.6) is 0 Å². The quantitative estimate of drug-likeness (QED) is 0.768. The van der Waals surface area contributed by atoms with Crippen LogP contribution in [0.25, 0.3) is 0 Å². The monoisotopic (exact) mass is 180 g/mol. The van der Waals surface area contributed by atoms with Gasteiger partial charge in [-0.3, -0.25) is 0 Å². The standard InChI is InChI=1S/C7H8N4S/c1(6-3-4-12-5-6)2-7-8-10-11-9-7/h3-5H,1-2H2,(H,8,9,10,11). The first-order chi connectivity index (χ1) is 5.95. The molecule has 0 aromatic carbocycles. The molecule has 0 saturated heterocycles. The predicted molar refractivity (Wildman–Crippen MR) is 45.9 cm³/mol. The van der Waals surface area contributed by atoms with Gasteiger partial charge in [0, 0.05) is 6.42 Å². The molecule has 0 fully saturated rings. The van der Waals surface area contributed by atoms with Gasteiger partial charge >= 0.3 is 0 Å². The van der Waals surface area contributed by atoms with Gasteiger partial charge in [0.05, 0.1) is 0 Å². The van der Waals surface area contributed by atoms with E-state index in [-0.39, 0.29) is 0 Å². The summed E-state index contributed by atoms with van der Waals surface area (Å²) in [5.41, 5.74) is 1.34. The predicted octanol–water partition coefficient (Wildman–Crippen LogP) is 1.05. The molecule has 5 heteroatoms. The smallest absolute Gasteiger partial charge is 0.174 e. The zero-order chi connectivity index (χ0) is 8.23. The lowest BCUT2D eigenvalue weighted by Gasteiger charge is -1.90. The van der Waals surface area contributed by atoms with E-state index in [0.29, 0.717) is 0 Å². The molecule has 0 bridgehead atoms. The Bertz CT molecular complexity index is 279. The van der Waals surface area contributed by atoms with Crippen molar-refractivity contribution in [3.05, 3.63) is 28.2 Å². The summed E-state index contributed by atoms with van der Waals surface area (Å²) in [6, 6.07) is 2.12. The van der Waals surface area contributed by atoms with Gasteiger partial charge in [-0.1, -0.05) is 5.21 Å². The summed E-state index contributed by atoms with van der Waals surface area (Å²) in [6.07, 6.45) is 1.84. The second-order valence-electron chi connectivity index (χ2n) is 2.46. The highest BCUT2D eigenvalue weighted by Crippen LogP contribution is 2.07. The summed E-state index contributed by atoms with van der Waals surface area (Å²) >= 11 is 1.71. The number of thiophene rings is 1. The van der Waals surface area contributed by atoms with E-state index in [9.17, 15) is 0 Å². The lowest BCUT2D eigenvalue weighted by atomic mass is 10.2. The number of tetrazole rings is 1. The summed E-state index contributed by atoms with van der Waals surface area (Å²) in [4.78, 5) is 0. The van der Waals surface area contributed by atoms with Gasteiger partial charge in [-0.05, 0) is 28.8 Å². The molecule has 4 nitrogen and oxygen atoms in total. The number of aromatic amines is 1. The average molecular weight is 180 g/mol. The van der Waals surface area contributed by atoms with E-state index >= 15 is 0 Å². The first-order valence-electron chi connectivity index (χ1n) is 3.68. The Morgan fingerprint density at radius 2 is 2.42 bits per heavy atom. The van der Waals surface area contributed by atoms with Gasteiger partial charge in [0.1, 0.15) is 0 Å². The number of nitrogens with zero attached hydrogens (tertiary/aromatic N) is 3. The molecule has 0 aliphatic carbocycles. The zero-order valence-corrected chi connectivity index (χ0v) is 7.21. The van der Waals surface area contributed by atoms with E-state index in [1.807, 2.05) is 0 Å². The Morgan fingerprint density at radius 3 is 3.08 bits per heavy atom. The molecule has 1 N–H and O–H groups in total. The van der Waals surface area contributed by atoms with Crippen LogP contribution in [-0.4, -0.2) is 20.6 Å². The van der Waals surface area contributed by atoms with Gasteiger partial charge < -0.3 is 0 Å². The lowest BCUT2D eigenvalue weighted by molar-refractivity contribution is 0.867. The van der Waals surface area contributed by atoms with Crippen LogP contribution in [0.3, 0.4) is 0 Å². The van der Waals surface area contributed by atoms with E-state index in [2.05, 4.69) is 37.5 Å². The largest absolute Gasteiger partial charge is 0.177 e. The first-order valence-corrected chi connectivity index (χ1v) is 4.63. The molecule has 2 rings (SSSR count). The maximum Gasteiger partial charge on any atom is 0.174 e. The highest BCUT2D eigenvalue weighted by molar-refractivity contribution is 7.07. The van der Waals surface area contributed by atoms with Crippen molar-refractivity contribution in [2.45, 2.75) is 12.8 Å². The molecular weight excluding hydrogens is 172 g/mol. The number of nitrogens with one attached hydrogen (secondary N) is 1. The fourth-order valence-electron chi connectivity index (χ4n) is 0.979. The molecular formula is C7H8N4S. The van der Waals surface area contributed by atoms with Crippen molar-refractivity contribution in [3.63, 3.8) is 0 Å². The van der Waals surface area contributed by atoms with Crippen molar-refractivity contribution in [3.8, 4) is 0 Å². The van der Waals surface area contributed by atoms with Gasteiger partial charge in [-0.2, -0.15) is 16.6 Å². The Hall–Kier alpha value is -1.23. The topological polar surface area (TPSA) is 54.5 Å². The van der Waals surface area contributed by atoms with Crippen molar-refractivity contribution < 1.29 is 0 Å². The number of aromatic nitrogens is 4. The molecule has 0 aliphatic heterocycles. The number of aryl methyl sites for hydroxylation is 2. The fourth-order valence-corrected chi connectivity index (χ4v) is 1.68. The third-order valence-electron chi connectivity index (χ3n) is 1.61. The van der Waals surface area contributed by atoms with E-state index in [1.165, 1.54) is 5.56 Å². The summed E-state index contributed by atoms with van der Waals surface area (Å²) in [7, 11) is 0. The van der Waals surface area contributed by atoms with Crippen LogP contribution < -0.4 is 0 Å². The van der Waals surface area contributed by atoms with Gasteiger partial charge in [-0.15, -0.1) is 10.2 Å². The van der Waals surface area contributed by atoms with Crippen LogP contribution in [0, 0.1) is 0 Å². The van der Waals surface area contributed by atoms with Crippen LogP contribution in [0.1, 0.15) is 11.4 Å². The Kier molecular flexibility index (Phi) is 2.13. The third kappa shape index (κ3) is 1.68. The Labute approximate surface area is 73.6 Å². The van der Waals surface area contributed by atoms with Gasteiger partial charge in [0.15, 0.2) is 5.82 Å². The second kappa shape index (κ2) is 3.44. The zero-order valence-electron chi connectivity index (χ0n) is 6.40. The lowest BCUT2D eigenvalue weighted by Crippen LogP contribution is -1.91. The average Bonchev–Trinajstić information content (AvgIpc) is 2.74. The molecule has 2 aromatic heterocycles. The molecule has 0 aliphatic rings. The molecule has 0 spiro atoms. The molecule has 0 unspecified atom stereocenters. The molecule has 0 radical (unpaired) electrons. The summed E-state index contributed by atoms with van der Waals surface area (Å²) < 4.78 is 0. The maximum atomic E-state index is 3.87. The van der Waals surface area contributed by atoms with Crippen molar-refractivity contribution in [1.29, 1.82) is 0 Å². The van der Waals surface area contributed by atoms with Crippen LogP contribution in [-0.2, 0) is 12.8 Å². The van der Waals surface area contributed by atoms with E-state index < -0.39 is 0 Å². The number of H-pyrrole nitrogens is 1. The van der Waals surface area contributed by atoms with Crippen LogP contribution >= 0.6 is 11.3 Å². The first kappa shape index (κ1) is 7.42. The molecule has 0 saturated carbocycles. The van der Waals surface area contributed by atoms with Crippen LogP contribution in [0.2, 0.25) is 0 Å². The summed E-state index contributed by atoms with van der Waals surface area (Å²) in [5, 5.41) is 17.9. The highest BCUT2D eigenvalue weighted by Gasteiger charge is 1.98. The Morgan fingerprint density at radius 1 is 1.42 bits per heavy atom. The molecule has 2 heterocycles. The molecule has 12 heavy (non-hydrogen) atoms. The van der Waals surface area contributed by atoms with E-state index in [1.54, 1.807) is 11.3 Å². The van der Waals surface area contributed by atoms with E-state index in [0.717, 1.165) is 18.7 Å². The Balaban J connectivity index is 1.91. The van der Waals surface area contributed by atoms with Crippen LogP contribution in [0.4, 0.5) is 0 Å². The molecule has 0 amide bonds. The SMILES string of the molecule is c1cc(CCc2nn[nH]n2)cs1. The van der Waals surface area contributed by atoms with Crippen LogP contribution in [0.15, 0.2) is 16.8 Å². The van der Waals surface area contributed by atoms with E-state index in [4.69, 9.17) is 0 Å².